The highest BCUT2D eigenvalue weighted by Gasteiger charge is 2.49. The maximum Gasteiger partial charge on any atom is 0.229 e. The van der Waals surface area contributed by atoms with Crippen molar-refractivity contribution in [3.63, 3.8) is 0 Å². The van der Waals surface area contributed by atoms with Crippen molar-refractivity contribution in [2.45, 2.75) is 24.8 Å². The summed E-state index contributed by atoms with van der Waals surface area (Å²) in [7, 11) is 1.03. The van der Waals surface area contributed by atoms with Gasteiger partial charge in [0, 0.05) is 37.2 Å². The summed E-state index contributed by atoms with van der Waals surface area (Å²) < 4.78 is 18.4. The van der Waals surface area contributed by atoms with Crippen molar-refractivity contribution in [1.82, 2.24) is 14.9 Å². The quantitative estimate of drug-likeness (QED) is 0.308. The summed E-state index contributed by atoms with van der Waals surface area (Å²) in [5, 5.41) is 7.52. The molecule has 2 aromatic carbocycles. The predicted octanol–water partition coefficient (Wildman–Crippen LogP) is 5.07. The topological polar surface area (TPSA) is 99.7 Å². The molecule has 0 aliphatic carbocycles. The lowest BCUT2D eigenvalue weighted by Crippen LogP contribution is -2.65. The van der Waals surface area contributed by atoms with Gasteiger partial charge in [-0.15, -0.1) is 0 Å². The number of carbonyl (C=O) groups is 1. The standard InChI is InChI=1S/C27H32ClN6O3P/c1-33-24(35)16-27(33)11-13-34(14-12-27)18-9-10-20(22(15-18)37-2)31-26-29-17-19(28)25(32-26)30-21-7-5-6-8-23(21)38(3,4)36/h5-10,15,17H,11-14,16H2,1-4H3,(H2,29,30,31,32). The highest BCUT2D eigenvalue weighted by atomic mass is 35.5. The second kappa shape index (κ2) is 10.1. The molecular weight excluding hydrogens is 523 g/mol. The Kier molecular flexibility index (Phi) is 7.01. The third kappa shape index (κ3) is 5.05. The number of amides is 1. The number of aromatic nitrogens is 2. The van der Waals surface area contributed by atoms with Crippen LogP contribution in [0.15, 0.2) is 48.7 Å². The van der Waals surface area contributed by atoms with Crippen molar-refractivity contribution in [3.05, 3.63) is 53.7 Å². The number of benzene rings is 2. The number of hydrogen-bond acceptors (Lipinski definition) is 8. The largest absolute Gasteiger partial charge is 0.494 e. The lowest BCUT2D eigenvalue weighted by atomic mass is 9.76. The van der Waals surface area contributed by atoms with E-state index in [1.807, 2.05) is 54.4 Å². The molecule has 2 aliphatic heterocycles. The molecule has 38 heavy (non-hydrogen) atoms. The fraction of sp³-hybridized carbons (Fsp3) is 0.370. The van der Waals surface area contributed by atoms with Crippen LogP contribution >= 0.6 is 18.7 Å². The van der Waals surface area contributed by atoms with Gasteiger partial charge in [0.1, 0.15) is 17.9 Å². The minimum Gasteiger partial charge on any atom is -0.494 e. The van der Waals surface area contributed by atoms with E-state index in [9.17, 15) is 9.36 Å². The molecule has 1 aromatic heterocycles. The van der Waals surface area contributed by atoms with E-state index >= 15 is 0 Å². The predicted molar refractivity (Wildman–Crippen MR) is 154 cm³/mol. The SMILES string of the molecule is COc1cc(N2CCC3(CC2)CC(=O)N3C)ccc1Nc1ncc(Cl)c(Nc2ccccc2P(C)(C)=O)n1. The van der Waals surface area contributed by atoms with Gasteiger partial charge in [0.2, 0.25) is 11.9 Å². The summed E-state index contributed by atoms with van der Waals surface area (Å²) in [4.78, 5) is 24.9. The van der Waals surface area contributed by atoms with E-state index < -0.39 is 7.14 Å². The number of ether oxygens (including phenoxy) is 1. The number of methoxy groups -OCH3 is 1. The van der Waals surface area contributed by atoms with Crippen molar-refractivity contribution in [1.29, 1.82) is 0 Å². The van der Waals surface area contributed by atoms with Crippen LogP contribution in [-0.2, 0) is 9.36 Å². The van der Waals surface area contributed by atoms with Crippen LogP contribution in [0.3, 0.4) is 0 Å². The number of piperidine rings is 1. The lowest BCUT2D eigenvalue weighted by molar-refractivity contribution is -0.155. The van der Waals surface area contributed by atoms with Gasteiger partial charge in [0.25, 0.3) is 0 Å². The molecule has 2 saturated heterocycles. The number of nitrogens with one attached hydrogen (secondary N) is 2. The fourth-order valence-corrected chi connectivity index (χ4v) is 6.47. The van der Waals surface area contributed by atoms with E-state index in [4.69, 9.17) is 16.3 Å². The first-order valence-corrected chi connectivity index (χ1v) is 15.5. The molecule has 1 amide bonds. The number of β-lactam (4-membered cyclic amide) rings is 1. The first kappa shape index (κ1) is 26.3. The van der Waals surface area contributed by atoms with Gasteiger partial charge in [0.15, 0.2) is 5.82 Å². The zero-order chi connectivity index (χ0) is 27.1. The maximum absolute atomic E-state index is 12.8. The third-order valence-electron chi connectivity index (χ3n) is 7.54. The Morgan fingerprint density at radius 3 is 2.47 bits per heavy atom. The average molecular weight is 555 g/mol. The Labute approximate surface area is 227 Å². The van der Waals surface area contributed by atoms with Gasteiger partial charge >= 0.3 is 0 Å². The Hall–Kier alpha value is -3.29. The second-order valence-electron chi connectivity index (χ2n) is 10.2. The maximum atomic E-state index is 12.8. The zero-order valence-electron chi connectivity index (χ0n) is 22.0. The van der Waals surface area contributed by atoms with E-state index in [2.05, 4.69) is 25.5 Å². The molecule has 0 atom stereocenters. The molecule has 5 rings (SSSR count). The normalized spacial score (nSPS) is 16.8. The molecular formula is C27H32ClN6O3P. The number of carbonyl (C=O) groups excluding carboxylic acids is 1. The minimum absolute atomic E-state index is 0.0303. The van der Waals surface area contributed by atoms with Crippen LogP contribution < -0.4 is 25.6 Å². The molecule has 11 heteroatoms. The summed E-state index contributed by atoms with van der Waals surface area (Å²) in [6, 6.07) is 13.4. The Morgan fingerprint density at radius 2 is 1.82 bits per heavy atom. The van der Waals surface area contributed by atoms with Gasteiger partial charge in [-0.05, 0) is 50.4 Å². The fourth-order valence-electron chi connectivity index (χ4n) is 5.18. The second-order valence-corrected chi connectivity index (χ2v) is 13.8. The molecule has 0 bridgehead atoms. The number of nitrogens with zero attached hydrogens (tertiary/aromatic N) is 4. The van der Waals surface area contributed by atoms with Gasteiger partial charge in [-0.25, -0.2) is 4.98 Å². The van der Waals surface area contributed by atoms with Crippen LogP contribution in [0.2, 0.25) is 5.02 Å². The van der Waals surface area contributed by atoms with Crippen molar-refractivity contribution in [3.8, 4) is 5.75 Å². The van der Waals surface area contributed by atoms with Crippen LogP contribution in [0.5, 0.6) is 5.75 Å². The first-order chi connectivity index (χ1) is 18.1. The summed E-state index contributed by atoms with van der Waals surface area (Å²) in [5.41, 5.74) is 2.50. The molecule has 3 heterocycles. The Morgan fingerprint density at radius 1 is 1.08 bits per heavy atom. The molecule has 0 saturated carbocycles. The van der Waals surface area contributed by atoms with Gasteiger partial charge in [-0.2, -0.15) is 4.98 Å². The van der Waals surface area contributed by atoms with Crippen LogP contribution in [0.1, 0.15) is 19.3 Å². The minimum atomic E-state index is -2.52. The monoisotopic (exact) mass is 554 g/mol. The summed E-state index contributed by atoms with van der Waals surface area (Å²) >= 11 is 6.40. The molecule has 0 radical (unpaired) electrons. The van der Waals surface area contributed by atoms with Crippen molar-refractivity contribution >= 4 is 58.8 Å². The van der Waals surface area contributed by atoms with E-state index in [0.717, 1.165) is 36.9 Å². The molecule has 2 N–H and O–H groups in total. The van der Waals surface area contributed by atoms with Crippen LogP contribution in [0.25, 0.3) is 0 Å². The van der Waals surface area contributed by atoms with Crippen LogP contribution in [-0.4, -0.2) is 66.9 Å². The molecule has 200 valence electrons. The molecule has 3 aromatic rings. The van der Waals surface area contributed by atoms with Gasteiger partial charge in [-0.1, -0.05) is 23.7 Å². The Bertz CT molecular complexity index is 1420. The number of halogens is 1. The van der Waals surface area contributed by atoms with Crippen LogP contribution in [0.4, 0.5) is 28.8 Å². The average Bonchev–Trinajstić information content (AvgIpc) is 2.91. The van der Waals surface area contributed by atoms with Gasteiger partial charge in [-0.3, -0.25) is 4.79 Å². The molecule has 0 unspecified atom stereocenters. The van der Waals surface area contributed by atoms with Crippen molar-refractivity contribution < 1.29 is 14.1 Å². The first-order valence-electron chi connectivity index (χ1n) is 12.5. The number of hydrogen-bond donors (Lipinski definition) is 2. The molecule has 1 spiro atoms. The summed E-state index contributed by atoms with van der Waals surface area (Å²) in [5.74, 6) is 1.64. The third-order valence-corrected chi connectivity index (χ3v) is 9.37. The molecule has 9 nitrogen and oxygen atoms in total. The highest BCUT2D eigenvalue weighted by molar-refractivity contribution is 7.70. The number of para-hydroxylation sites is 1. The number of rotatable bonds is 7. The van der Waals surface area contributed by atoms with Gasteiger partial charge in [0.05, 0.1) is 36.6 Å². The Balaban J connectivity index is 1.32. The van der Waals surface area contributed by atoms with E-state index in [1.165, 1.54) is 6.20 Å². The van der Waals surface area contributed by atoms with E-state index in [-0.39, 0.29) is 11.4 Å². The number of likely N-dealkylation sites (tertiary alicyclic amines) is 1. The number of anilines is 5. The van der Waals surface area contributed by atoms with Crippen molar-refractivity contribution in [2.75, 3.05) is 56.1 Å². The summed E-state index contributed by atoms with van der Waals surface area (Å²) in [6.07, 6.45) is 4.09. The highest BCUT2D eigenvalue weighted by Crippen LogP contribution is 2.42. The summed E-state index contributed by atoms with van der Waals surface area (Å²) in [6.45, 7) is 5.22. The smallest absolute Gasteiger partial charge is 0.229 e. The van der Waals surface area contributed by atoms with Gasteiger partial charge < -0.3 is 29.7 Å². The molecule has 2 fully saturated rings. The van der Waals surface area contributed by atoms with Crippen molar-refractivity contribution in [2.24, 2.45) is 0 Å². The van der Waals surface area contributed by atoms with E-state index in [0.29, 0.717) is 40.3 Å². The van der Waals surface area contributed by atoms with Crippen LogP contribution in [0, 0.1) is 0 Å². The zero-order valence-corrected chi connectivity index (χ0v) is 23.6. The molecule has 2 aliphatic rings. The van der Waals surface area contributed by atoms with E-state index in [1.54, 1.807) is 20.4 Å². The lowest BCUT2D eigenvalue weighted by Gasteiger charge is -2.54.